The zero-order valence-corrected chi connectivity index (χ0v) is 12.0. The maximum atomic E-state index is 11.6. The molecule has 1 rings (SSSR count). The molecule has 104 valence electrons. The highest BCUT2D eigenvalue weighted by Gasteiger charge is 2.22. The number of ether oxygens (including phenoxy) is 1. The van der Waals surface area contributed by atoms with Gasteiger partial charge in [-0.05, 0) is 40.2 Å². The summed E-state index contributed by atoms with van der Waals surface area (Å²) >= 11 is 0. The minimum absolute atomic E-state index is 0.0232. The third-order valence-corrected chi connectivity index (χ3v) is 2.97. The topological polar surface area (TPSA) is 41.6 Å². The molecule has 18 heavy (non-hydrogen) atoms. The number of nitrogens with one attached hydrogen (secondary N) is 1. The summed E-state index contributed by atoms with van der Waals surface area (Å²) in [6.45, 7) is 8.64. The van der Waals surface area contributed by atoms with Gasteiger partial charge in [0.1, 0.15) is 0 Å². The second kappa shape index (κ2) is 6.90. The largest absolute Gasteiger partial charge is 0.383 e. The van der Waals surface area contributed by atoms with Gasteiger partial charge in [0, 0.05) is 31.3 Å². The van der Waals surface area contributed by atoms with Gasteiger partial charge >= 0.3 is 0 Å². The van der Waals surface area contributed by atoms with E-state index in [0.29, 0.717) is 6.04 Å². The van der Waals surface area contributed by atoms with Crippen molar-refractivity contribution in [3.05, 3.63) is 12.2 Å². The van der Waals surface area contributed by atoms with Crippen LogP contribution in [0.3, 0.4) is 0 Å². The van der Waals surface area contributed by atoms with Gasteiger partial charge in [0.2, 0.25) is 5.91 Å². The summed E-state index contributed by atoms with van der Waals surface area (Å²) < 4.78 is 5.20. The number of carbonyl (C=O) groups excluding carboxylic acids is 1. The molecule has 0 aromatic rings. The Hall–Kier alpha value is -0.870. The van der Waals surface area contributed by atoms with Crippen molar-refractivity contribution in [2.45, 2.75) is 45.2 Å². The summed E-state index contributed by atoms with van der Waals surface area (Å²) in [7, 11) is 1.74. The molecule has 1 N–H and O–H groups in total. The van der Waals surface area contributed by atoms with E-state index in [1.165, 1.54) is 12.8 Å². The average molecular weight is 254 g/mol. The third-order valence-electron chi connectivity index (χ3n) is 2.97. The van der Waals surface area contributed by atoms with Gasteiger partial charge in [-0.25, -0.2) is 0 Å². The van der Waals surface area contributed by atoms with Gasteiger partial charge in [-0.3, -0.25) is 9.69 Å². The van der Waals surface area contributed by atoms with Crippen LogP contribution in [0.5, 0.6) is 0 Å². The molecule has 1 aliphatic rings. The second-order valence-electron chi connectivity index (χ2n) is 5.89. The Labute approximate surface area is 110 Å². The highest BCUT2D eigenvalue weighted by Crippen LogP contribution is 2.16. The molecule has 0 saturated carbocycles. The van der Waals surface area contributed by atoms with Crippen LogP contribution in [-0.4, -0.2) is 49.2 Å². The molecule has 1 fully saturated rings. The Kier molecular flexibility index (Phi) is 5.82. The minimum Gasteiger partial charge on any atom is -0.383 e. The number of amides is 1. The van der Waals surface area contributed by atoms with Crippen molar-refractivity contribution in [1.29, 1.82) is 0 Å². The van der Waals surface area contributed by atoms with Gasteiger partial charge in [-0.1, -0.05) is 6.08 Å². The smallest absolute Gasteiger partial charge is 0.244 e. The molecule has 1 amide bonds. The molecule has 0 aliphatic carbocycles. The highest BCUT2D eigenvalue weighted by atomic mass is 16.5. The van der Waals surface area contributed by atoms with Crippen LogP contribution >= 0.6 is 0 Å². The molecule has 1 atom stereocenters. The number of hydrogen-bond acceptors (Lipinski definition) is 3. The lowest BCUT2D eigenvalue weighted by Gasteiger charge is -2.22. The Morgan fingerprint density at radius 3 is 2.83 bits per heavy atom. The first-order chi connectivity index (χ1) is 8.42. The Morgan fingerprint density at radius 1 is 1.50 bits per heavy atom. The van der Waals surface area contributed by atoms with Crippen molar-refractivity contribution in [2.24, 2.45) is 0 Å². The van der Waals surface area contributed by atoms with Gasteiger partial charge in [0.05, 0.1) is 6.61 Å². The summed E-state index contributed by atoms with van der Waals surface area (Å²) in [5, 5.41) is 2.91. The number of nitrogens with zero attached hydrogens (tertiary/aromatic N) is 1. The summed E-state index contributed by atoms with van der Waals surface area (Å²) in [4.78, 5) is 14.0. The van der Waals surface area contributed by atoms with Gasteiger partial charge in [-0.2, -0.15) is 0 Å². The van der Waals surface area contributed by atoms with E-state index in [-0.39, 0.29) is 11.4 Å². The fourth-order valence-electron chi connectivity index (χ4n) is 2.22. The lowest BCUT2D eigenvalue weighted by atomic mass is 10.1. The SMILES string of the molecule is COCC1CCCN1C/C=C/C(=O)NC(C)(C)C. The normalized spacial score (nSPS) is 21.7. The predicted octanol–water partition coefficient (Wildman–Crippen LogP) is 1.57. The number of likely N-dealkylation sites (tertiary alicyclic amines) is 1. The van der Waals surface area contributed by atoms with E-state index < -0.39 is 0 Å². The van der Waals surface area contributed by atoms with Crippen LogP contribution < -0.4 is 5.32 Å². The fraction of sp³-hybridized carbons (Fsp3) is 0.786. The van der Waals surface area contributed by atoms with Gasteiger partial charge in [0.15, 0.2) is 0 Å². The molecule has 1 heterocycles. The van der Waals surface area contributed by atoms with Crippen molar-refractivity contribution in [1.82, 2.24) is 10.2 Å². The monoisotopic (exact) mass is 254 g/mol. The van der Waals surface area contributed by atoms with Crippen LogP contribution in [0.25, 0.3) is 0 Å². The molecule has 0 aromatic heterocycles. The minimum atomic E-state index is -0.173. The average Bonchev–Trinajstić information content (AvgIpc) is 2.64. The molecule has 0 radical (unpaired) electrons. The lowest BCUT2D eigenvalue weighted by Crippen LogP contribution is -2.39. The Bertz CT molecular complexity index is 295. The number of rotatable bonds is 5. The van der Waals surface area contributed by atoms with Gasteiger partial charge < -0.3 is 10.1 Å². The molecule has 1 unspecified atom stereocenters. The van der Waals surface area contributed by atoms with Crippen LogP contribution in [-0.2, 0) is 9.53 Å². The highest BCUT2D eigenvalue weighted by molar-refractivity contribution is 5.87. The van der Waals surface area contributed by atoms with Gasteiger partial charge in [0.25, 0.3) is 0 Å². The standard InChI is InChI=1S/C14H26N2O2/c1-14(2,3)15-13(17)8-6-10-16-9-5-7-12(16)11-18-4/h6,8,12H,5,7,9-11H2,1-4H3,(H,15,17)/b8-6+. The van der Waals surface area contributed by atoms with Crippen molar-refractivity contribution < 1.29 is 9.53 Å². The molecule has 4 heteroatoms. The summed E-state index contributed by atoms with van der Waals surface area (Å²) in [6, 6.07) is 0.505. The summed E-state index contributed by atoms with van der Waals surface area (Å²) in [5.74, 6) is -0.0232. The second-order valence-corrected chi connectivity index (χ2v) is 5.89. The molecule has 0 aromatic carbocycles. The fourth-order valence-corrected chi connectivity index (χ4v) is 2.22. The molecule has 0 bridgehead atoms. The molecule has 4 nitrogen and oxygen atoms in total. The number of methoxy groups -OCH3 is 1. The predicted molar refractivity (Wildman–Crippen MR) is 73.5 cm³/mol. The van der Waals surface area contributed by atoms with E-state index in [1.807, 2.05) is 26.8 Å². The Morgan fingerprint density at radius 2 is 2.22 bits per heavy atom. The maximum Gasteiger partial charge on any atom is 0.244 e. The molecule has 1 aliphatic heterocycles. The zero-order valence-electron chi connectivity index (χ0n) is 12.0. The van der Waals surface area contributed by atoms with E-state index >= 15 is 0 Å². The first-order valence-corrected chi connectivity index (χ1v) is 6.64. The van der Waals surface area contributed by atoms with Crippen LogP contribution in [0.4, 0.5) is 0 Å². The maximum absolute atomic E-state index is 11.6. The summed E-state index contributed by atoms with van der Waals surface area (Å²) in [6.07, 6.45) is 5.98. The van der Waals surface area contributed by atoms with Crippen molar-refractivity contribution in [3.63, 3.8) is 0 Å². The zero-order chi connectivity index (χ0) is 13.6. The summed E-state index contributed by atoms with van der Waals surface area (Å²) in [5.41, 5.74) is -0.173. The van der Waals surface area contributed by atoms with Gasteiger partial charge in [-0.15, -0.1) is 0 Å². The third kappa shape index (κ3) is 5.65. The first-order valence-electron chi connectivity index (χ1n) is 6.64. The van der Waals surface area contributed by atoms with Crippen molar-refractivity contribution in [2.75, 3.05) is 26.8 Å². The molecular formula is C14H26N2O2. The van der Waals surface area contributed by atoms with E-state index in [0.717, 1.165) is 19.7 Å². The van der Waals surface area contributed by atoms with E-state index in [2.05, 4.69) is 10.2 Å². The molecular weight excluding hydrogens is 228 g/mol. The Balaban J connectivity index is 2.33. The van der Waals surface area contributed by atoms with Crippen LogP contribution in [0.15, 0.2) is 12.2 Å². The quantitative estimate of drug-likeness (QED) is 0.757. The van der Waals surface area contributed by atoms with E-state index in [1.54, 1.807) is 13.2 Å². The lowest BCUT2D eigenvalue weighted by molar-refractivity contribution is -0.117. The molecule has 1 saturated heterocycles. The van der Waals surface area contributed by atoms with Crippen molar-refractivity contribution >= 4 is 5.91 Å². The van der Waals surface area contributed by atoms with Crippen molar-refractivity contribution in [3.8, 4) is 0 Å². The van der Waals surface area contributed by atoms with Crippen LogP contribution in [0.1, 0.15) is 33.6 Å². The van der Waals surface area contributed by atoms with E-state index in [4.69, 9.17) is 4.74 Å². The number of hydrogen-bond donors (Lipinski definition) is 1. The first kappa shape index (κ1) is 15.2. The van der Waals surface area contributed by atoms with E-state index in [9.17, 15) is 4.79 Å². The van der Waals surface area contributed by atoms with Crippen LogP contribution in [0, 0.1) is 0 Å². The van der Waals surface area contributed by atoms with Crippen LogP contribution in [0.2, 0.25) is 0 Å². The molecule has 0 spiro atoms. The number of carbonyl (C=O) groups is 1.